The van der Waals surface area contributed by atoms with E-state index in [1.165, 1.54) is 30.9 Å². The molecule has 0 saturated carbocycles. The quantitative estimate of drug-likeness (QED) is 0.196. The van der Waals surface area contributed by atoms with E-state index in [2.05, 4.69) is 95.6 Å². The summed E-state index contributed by atoms with van der Waals surface area (Å²) in [5.74, 6) is 0.557. The fourth-order valence-electron chi connectivity index (χ4n) is 7.29. The maximum Gasteiger partial charge on any atom is 0.238 e. The van der Waals surface area contributed by atoms with Gasteiger partial charge in [0, 0.05) is 52.7 Å². The minimum Gasteiger partial charge on any atom is -0.455 e. The van der Waals surface area contributed by atoms with Crippen LogP contribution in [0.15, 0.2) is 136 Å². The van der Waals surface area contributed by atoms with Gasteiger partial charge in [0.1, 0.15) is 16.7 Å². The van der Waals surface area contributed by atoms with E-state index >= 15 is 0 Å². The average molecular weight is 608 g/mol. The second-order valence-electron chi connectivity index (χ2n) is 11.7. The summed E-state index contributed by atoms with van der Waals surface area (Å²) in [5.41, 5.74) is 6.76. The summed E-state index contributed by atoms with van der Waals surface area (Å²) in [7, 11) is 0. The van der Waals surface area contributed by atoms with Crippen LogP contribution in [0.3, 0.4) is 0 Å². The smallest absolute Gasteiger partial charge is 0.238 e. The van der Waals surface area contributed by atoms with E-state index in [1.807, 2.05) is 47.7 Å². The van der Waals surface area contributed by atoms with Crippen LogP contribution in [0.4, 0.5) is 0 Å². The van der Waals surface area contributed by atoms with Crippen LogP contribution in [0, 0.1) is 0 Å². The zero-order valence-corrected chi connectivity index (χ0v) is 25.0. The van der Waals surface area contributed by atoms with Gasteiger partial charge in [-0.05, 0) is 36.4 Å². The third-order valence-electron chi connectivity index (χ3n) is 9.27. The Morgan fingerprint density at radius 2 is 1.22 bits per heavy atom. The Bertz CT molecular complexity index is 3050. The van der Waals surface area contributed by atoms with Gasteiger partial charge >= 0.3 is 0 Å². The maximum absolute atomic E-state index is 6.53. The summed E-state index contributed by atoms with van der Waals surface area (Å²) < 4.78 is 17.7. The van der Waals surface area contributed by atoms with Gasteiger partial charge in [-0.3, -0.25) is 4.57 Å². The number of aromatic nitrogens is 3. The molecule has 0 aliphatic heterocycles. The van der Waals surface area contributed by atoms with Crippen molar-refractivity contribution in [1.82, 2.24) is 14.5 Å². The predicted molar refractivity (Wildman–Crippen MR) is 189 cm³/mol. The highest BCUT2D eigenvalue weighted by atomic mass is 32.1. The number of hydrogen-bond donors (Lipinski definition) is 0. The highest BCUT2D eigenvalue weighted by molar-refractivity contribution is 7.26. The van der Waals surface area contributed by atoms with E-state index < -0.39 is 0 Å². The highest BCUT2D eigenvalue weighted by Crippen LogP contribution is 2.44. The third-order valence-corrected chi connectivity index (χ3v) is 10.5. The van der Waals surface area contributed by atoms with Gasteiger partial charge in [-0.2, -0.15) is 4.98 Å². The minimum absolute atomic E-state index is 0.545. The second-order valence-corrected chi connectivity index (χ2v) is 12.8. The zero-order valence-electron chi connectivity index (χ0n) is 24.2. The molecule has 6 aromatic carbocycles. The molecule has 0 N–H and O–H groups in total. The van der Waals surface area contributed by atoms with Crippen LogP contribution in [0.5, 0.6) is 0 Å². The number of furan rings is 2. The van der Waals surface area contributed by atoms with Gasteiger partial charge in [0.15, 0.2) is 0 Å². The van der Waals surface area contributed by atoms with Gasteiger partial charge in [-0.15, -0.1) is 11.3 Å². The molecule has 0 aliphatic rings. The molecule has 0 saturated heterocycles. The molecule has 0 aliphatic carbocycles. The first-order valence-corrected chi connectivity index (χ1v) is 16.1. The van der Waals surface area contributed by atoms with Crippen LogP contribution in [-0.4, -0.2) is 14.5 Å². The Morgan fingerprint density at radius 1 is 0.500 bits per heavy atom. The summed E-state index contributed by atoms with van der Waals surface area (Å²) in [4.78, 5) is 10.6. The molecular formula is C40H21N3O2S. The summed E-state index contributed by atoms with van der Waals surface area (Å²) in [6.45, 7) is 0. The first kappa shape index (κ1) is 24.4. The topological polar surface area (TPSA) is 57.0 Å². The number of hydrogen-bond acceptors (Lipinski definition) is 5. The molecule has 0 spiro atoms. The van der Waals surface area contributed by atoms with E-state index in [-0.39, 0.29) is 0 Å². The van der Waals surface area contributed by atoms with Crippen molar-refractivity contribution in [3.05, 3.63) is 127 Å². The van der Waals surface area contributed by atoms with Crippen molar-refractivity contribution in [2.24, 2.45) is 0 Å². The highest BCUT2D eigenvalue weighted by Gasteiger charge is 2.24. The molecule has 46 heavy (non-hydrogen) atoms. The Kier molecular flexibility index (Phi) is 4.66. The molecular weight excluding hydrogens is 587 g/mol. The first-order chi connectivity index (χ1) is 22.8. The van der Waals surface area contributed by atoms with Crippen molar-refractivity contribution in [1.29, 1.82) is 0 Å². The molecule has 5 heterocycles. The van der Waals surface area contributed by atoms with E-state index in [0.717, 1.165) is 60.6 Å². The number of thiophene rings is 1. The summed E-state index contributed by atoms with van der Waals surface area (Å²) in [6, 6.07) is 44.1. The van der Waals surface area contributed by atoms with Crippen LogP contribution in [0.1, 0.15) is 0 Å². The van der Waals surface area contributed by atoms with Crippen molar-refractivity contribution in [2.75, 3.05) is 0 Å². The van der Waals surface area contributed by atoms with E-state index in [9.17, 15) is 0 Å². The molecule has 0 fully saturated rings. The van der Waals surface area contributed by atoms with Gasteiger partial charge in [0.2, 0.25) is 11.7 Å². The fourth-order valence-corrected chi connectivity index (χ4v) is 8.55. The van der Waals surface area contributed by atoms with Crippen LogP contribution in [-0.2, 0) is 0 Å². The van der Waals surface area contributed by atoms with Gasteiger partial charge < -0.3 is 8.83 Å². The lowest BCUT2D eigenvalue weighted by molar-refractivity contribution is 0.651. The predicted octanol–water partition coefficient (Wildman–Crippen LogP) is 11.4. The lowest BCUT2D eigenvalue weighted by Crippen LogP contribution is -2.02. The molecule has 0 atom stereocenters. The monoisotopic (exact) mass is 607 g/mol. The van der Waals surface area contributed by atoms with Gasteiger partial charge in [-0.1, -0.05) is 91.0 Å². The molecule has 5 nitrogen and oxygen atoms in total. The van der Waals surface area contributed by atoms with Gasteiger partial charge in [-0.25, -0.2) is 4.98 Å². The van der Waals surface area contributed by atoms with E-state index in [1.54, 1.807) is 0 Å². The molecule has 0 radical (unpaired) electrons. The normalized spacial score (nSPS) is 12.3. The van der Waals surface area contributed by atoms with Crippen LogP contribution in [0.2, 0.25) is 0 Å². The lowest BCUT2D eigenvalue weighted by atomic mass is 10.0. The zero-order chi connectivity index (χ0) is 29.9. The molecule has 6 heteroatoms. The molecule has 11 aromatic rings. The molecule has 5 aromatic heterocycles. The number of rotatable bonds is 2. The van der Waals surface area contributed by atoms with Crippen LogP contribution >= 0.6 is 11.3 Å². The van der Waals surface area contributed by atoms with Crippen LogP contribution in [0.25, 0.3) is 103 Å². The Balaban J connectivity index is 1.29. The standard InChI is InChI=1S/C40H21N3O2S/c1-5-16-29-26(12-1)34-30(21-20-25-23-11-4-8-19-33(23)46-38(25)34)43(29)40-41-36(35-27-13-3-7-18-32(27)45-39(35)42-40)28-15-9-14-24-22-10-2-6-17-31(22)44-37(24)28/h1-21H. The Morgan fingerprint density at radius 3 is 2.11 bits per heavy atom. The van der Waals surface area contributed by atoms with Crippen molar-refractivity contribution < 1.29 is 8.83 Å². The molecule has 0 amide bonds. The average Bonchev–Trinajstić information content (AvgIpc) is 3.86. The van der Waals surface area contributed by atoms with Crippen molar-refractivity contribution in [3.8, 4) is 17.2 Å². The van der Waals surface area contributed by atoms with Crippen LogP contribution < -0.4 is 0 Å². The Labute approximate surface area is 264 Å². The number of para-hydroxylation sites is 4. The lowest BCUT2D eigenvalue weighted by Gasteiger charge is -2.10. The van der Waals surface area contributed by atoms with Crippen molar-refractivity contribution in [2.45, 2.75) is 0 Å². The second kappa shape index (κ2) is 8.81. The summed E-state index contributed by atoms with van der Waals surface area (Å²) in [5, 5.41) is 8.91. The van der Waals surface area contributed by atoms with Crippen molar-refractivity contribution in [3.63, 3.8) is 0 Å². The molecule has 0 unspecified atom stereocenters. The number of fused-ring (bicyclic) bond motifs is 13. The van der Waals surface area contributed by atoms with Crippen molar-refractivity contribution >= 4 is 97.3 Å². The largest absolute Gasteiger partial charge is 0.455 e. The number of benzene rings is 6. The van der Waals surface area contributed by atoms with E-state index in [4.69, 9.17) is 18.8 Å². The Hall–Kier alpha value is -5.98. The van der Waals surface area contributed by atoms with Gasteiger partial charge in [0.05, 0.1) is 22.1 Å². The molecule has 11 rings (SSSR count). The molecule has 214 valence electrons. The minimum atomic E-state index is 0.545. The summed E-state index contributed by atoms with van der Waals surface area (Å²) in [6.07, 6.45) is 0. The fraction of sp³-hybridized carbons (Fsp3) is 0. The van der Waals surface area contributed by atoms with Gasteiger partial charge in [0.25, 0.3) is 0 Å². The summed E-state index contributed by atoms with van der Waals surface area (Å²) >= 11 is 1.84. The van der Waals surface area contributed by atoms with E-state index in [0.29, 0.717) is 11.7 Å². The SMILES string of the molecule is c1ccc2c(c1)oc1c(-c3nc(-n4c5ccccc5c5c6sc7ccccc7c6ccc54)nc4oc5ccccc5c34)cccc12. The number of nitrogens with zero attached hydrogens (tertiary/aromatic N) is 3. The third kappa shape index (κ3) is 3.13. The molecule has 0 bridgehead atoms. The maximum atomic E-state index is 6.53. The first-order valence-electron chi connectivity index (χ1n) is 15.3.